The molecule has 0 bridgehead atoms. The number of piperidine rings is 1. The highest BCUT2D eigenvalue weighted by Gasteiger charge is 2.31. The number of rotatable bonds is 12. The number of carboxylic acid groups (broad SMARTS) is 1. The van der Waals surface area contributed by atoms with E-state index in [-0.39, 0.29) is 18.4 Å². The molecule has 1 aromatic heterocycles. The number of nitrogens with zero attached hydrogens (tertiary/aromatic N) is 2. The number of pyridine rings is 1. The third kappa shape index (κ3) is 7.09. The van der Waals surface area contributed by atoms with Crippen molar-refractivity contribution in [3.05, 3.63) is 36.0 Å². The number of hydroxylamine groups is 1. The highest BCUT2D eigenvalue weighted by atomic mass is 32.2. The van der Waals surface area contributed by atoms with Gasteiger partial charge in [0, 0.05) is 42.1 Å². The second-order valence-electron chi connectivity index (χ2n) is 10.0. The Morgan fingerprint density at radius 3 is 2.83 bits per heavy atom. The number of hydrogen-bond acceptors (Lipinski definition) is 7. The fourth-order valence-corrected chi connectivity index (χ4v) is 7.21. The Labute approximate surface area is 212 Å². The van der Waals surface area contributed by atoms with Crippen molar-refractivity contribution in [3.63, 3.8) is 0 Å². The number of benzene rings is 1. The predicted molar refractivity (Wildman–Crippen MR) is 140 cm³/mol. The van der Waals surface area contributed by atoms with E-state index in [4.69, 9.17) is 4.74 Å². The number of likely N-dealkylation sites (tertiary alicyclic amines) is 1. The van der Waals surface area contributed by atoms with E-state index in [0.717, 1.165) is 72.1 Å². The summed E-state index contributed by atoms with van der Waals surface area (Å²) in [6, 6.07) is 7.46. The Hall–Kier alpha value is -1.87. The minimum absolute atomic E-state index is 0.145. The van der Waals surface area contributed by atoms with E-state index in [1.165, 1.54) is 25.7 Å². The van der Waals surface area contributed by atoms with Crippen molar-refractivity contribution in [3.8, 4) is 5.75 Å². The molecule has 192 valence electrons. The summed E-state index contributed by atoms with van der Waals surface area (Å²) >= 11 is 2.10. The van der Waals surface area contributed by atoms with Gasteiger partial charge in [0.15, 0.2) is 0 Å². The zero-order valence-corrected chi connectivity index (χ0v) is 21.5. The minimum atomic E-state index is -0.716. The topological polar surface area (TPSA) is 94.9 Å². The molecular weight excluding hydrogens is 462 g/mol. The summed E-state index contributed by atoms with van der Waals surface area (Å²) in [6.45, 7) is 2.93. The highest BCUT2D eigenvalue weighted by Crippen LogP contribution is 2.35. The third-order valence-electron chi connectivity index (χ3n) is 7.82. The molecule has 1 aromatic carbocycles. The molecule has 1 saturated carbocycles. The number of carbonyl (C=O) groups is 1. The number of methoxy groups -OCH3 is 1. The molecule has 0 spiro atoms. The summed E-state index contributed by atoms with van der Waals surface area (Å²) in [4.78, 5) is 18.6. The van der Waals surface area contributed by atoms with Crippen molar-refractivity contribution >= 4 is 28.6 Å². The summed E-state index contributed by atoms with van der Waals surface area (Å²) in [5.74, 6) is 1.66. The lowest BCUT2D eigenvalue weighted by molar-refractivity contribution is -0.139. The lowest BCUT2D eigenvalue weighted by Gasteiger charge is -2.38. The number of nitrogens with one attached hydrogen (secondary N) is 1. The van der Waals surface area contributed by atoms with Crippen LogP contribution in [0.15, 0.2) is 30.5 Å². The van der Waals surface area contributed by atoms with Gasteiger partial charge in [-0.05, 0) is 80.3 Å². The van der Waals surface area contributed by atoms with Gasteiger partial charge >= 0.3 is 5.97 Å². The van der Waals surface area contributed by atoms with Crippen LogP contribution < -0.4 is 10.2 Å². The van der Waals surface area contributed by atoms with E-state index in [2.05, 4.69) is 27.1 Å². The van der Waals surface area contributed by atoms with Crippen LogP contribution in [0.4, 0.5) is 0 Å². The summed E-state index contributed by atoms with van der Waals surface area (Å²) in [5, 5.41) is 21.4. The van der Waals surface area contributed by atoms with Crippen LogP contribution in [0.25, 0.3) is 10.9 Å². The normalized spacial score (nSPS) is 22.5. The maximum atomic E-state index is 11.6. The zero-order chi connectivity index (χ0) is 24.6. The Balaban J connectivity index is 1.37. The van der Waals surface area contributed by atoms with Crippen molar-refractivity contribution in [1.29, 1.82) is 0 Å². The van der Waals surface area contributed by atoms with Crippen molar-refractivity contribution < 1.29 is 19.8 Å². The standard InChI is InChI=1S/C27H39N3O4S/c1-34-21-7-9-25-24(17-21)23(10-12-28-25)26(29-33)8-6-19-11-13-30(18-20(19)16-27(31)32)14-15-35-22-4-2-3-5-22/h7,9-10,12,17,19-20,22,26,29,33H,2-6,8,11,13-16,18H2,1H3,(H,31,32)/t19-,20+,26+/m1/s1. The maximum Gasteiger partial charge on any atom is 0.303 e. The predicted octanol–water partition coefficient (Wildman–Crippen LogP) is 5.13. The maximum absolute atomic E-state index is 11.6. The van der Waals surface area contributed by atoms with E-state index in [1.54, 1.807) is 13.3 Å². The van der Waals surface area contributed by atoms with Crippen LogP contribution in [-0.4, -0.2) is 63.9 Å². The fraction of sp³-hybridized carbons (Fsp3) is 0.630. The zero-order valence-electron chi connectivity index (χ0n) is 20.7. The molecule has 3 atom stereocenters. The smallest absolute Gasteiger partial charge is 0.303 e. The Bertz CT molecular complexity index is 969. The van der Waals surface area contributed by atoms with Crippen molar-refractivity contribution in [2.24, 2.45) is 11.8 Å². The number of hydrogen-bond donors (Lipinski definition) is 3. The SMILES string of the molecule is COc1ccc2nccc([C@H](CC[C@@H]3CCN(CCSC4CCCC4)C[C@@H]3CC(=O)O)NO)c2c1. The molecule has 3 N–H and O–H groups in total. The van der Waals surface area contributed by atoms with Crippen LogP contribution in [0.1, 0.15) is 63.0 Å². The number of aliphatic carboxylic acids is 1. The summed E-state index contributed by atoms with van der Waals surface area (Å²) in [5.41, 5.74) is 4.35. The number of thioether (sulfide) groups is 1. The molecule has 2 aromatic rings. The largest absolute Gasteiger partial charge is 0.497 e. The van der Waals surface area contributed by atoms with Gasteiger partial charge in [-0.1, -0.05) is 12.8 Å². The van der Waals surface area contributed by atoms with E-state index in [9.17, 15) is 15.1 Å². The van der Waals surface area contributed by atoms with Crippen molar-refractivity contribution in [2.45, 2.75) is 62.7 Å². The molecule has 2 heterocycles. The average molecular weight is 502 g/mol. The molecule has 0 unspecified atom stereocenters. The lowest BCUT2D eigenvalue weighted by atomic mass is 9.79. The highest BCUT2D eigenvalue weighted by molar-refractivity contribution is 7.99. The first-order valence-corrected chi connectivity index (χ1v) is 14.0. The van der Waals surface area contributed by atoms with Gasteiger partial charge in [0.2, 0.25) is 0 Å². The van der Waals surface area contributed by atoms with E-state index in [1.807, 2.05) is 24.3 Å². The van der Waals surface area contributed by atoms with Crippen LogP contribution in [0.5, 0.6) is 5.75 Å². The molecular formula is C27H39N3O4S. The quantitative estimate of drug-likeness (QED) is 0.345. The molecule has 7 nitrogen and oxygen atoms in total. The van der Waals surface area contributed by atoms with Gasteiger partial charge in [0.05, 0.1) is 18.7 Å². The van der Waals surface area contributed by atoms with Gasteiger partial charge in [0.1, 0.15) is 5.75 Å². The second-order valence-corrected chi connectivity index (χ2v) is 11.4. The van der Waals surface area contributed by atoms with Gasteiger partial charge in [-0.25, -0.2) is 0 Å². The third-order valence-corrected chi connectivity index (χ3v) is 9.18. The van der Waals surface area contributed by atoms with Crippen molar-refractivity contribution in [2.75, 3.05) is 32.5 Å². The molecule has 1 aliphatic carbocycles. The first-order valence-electron chi connectivity index (χ1n) is 13.0. The first kappa shape index (κ1) is 26.2. The van der Waals surface area contributed by atoms with Crippen LogP contribution >= 0.6 is 11.8 Å². The number of ether oxygens (including phenoxy) is 1. The lowest BCUT2D eigenvalue weighted by Crippen LogP contribution is -2.42. The number of aromatic nitrogens is 1. The average Bonchev–Trinajstić information content (AvgIpc) is 3.38. The summed E-state index contributed by atoms with van der Waals surface area (Å²) < 4.78 is 5.39. The molecule has 4 rings (SSSR count). The van der Waals surface area contributed by atoms with Crippen LogP contribution in [0.3, 0.4) is 0 Å². The van der Waals surface area contributed by atoms with Gasteiger partial charge in [-0.3, -0.25) is 9.78 Å². The molecule has 0 amide bonds. The Morgan fingerprint density at radius 2 is 2.09 bits per heavy atom. The van der Waals surface area contributed by atoms with Gasteiger partial charge < -0.3 is 20.0 Å². The van der Waals surface area contributed by atoms with E-state index >= 15 is 0 Å². The first-order chi connectivity index (χ1) is 17.1. The summed E-state index contributed by atoms with van der Waals surface area (Å²) in [6.07, 6.45) is 10.0. The molecule has 2 fully saturated rings. The van der Waals surface area contributed by atoms with E-state index < -0.39 is 5.97 Å². The van der Waals surface area contributed by atoms with Gasteiger partial charge in [-0.15, -0.1) is 0 Å². The molecule has 1 aliphatic heterocycles. The number of carboxylic acids is 1. The van der Waals surface area contributed by atoms with Gasteiger partial charge in [-0.2, -0.15) is 17.2 Å². The van der Waals surface area contributed by atoms with Crippen LogP contribution in [0.2, 0.25) is 0 Å². The molecule has 0 radical (unpaired) electrons. The number of fused-ring (bicyclic) bond motifs is 1. The van der Waals surface area contributed by atoms with E-state index in [0.29, 0.717) is 5.92 Å². The van der Waals surface area contributed by atoms with Gasteiger partial charge in [0.25, 0.3) is 0 Å². The Morgan fingerprint density at radius 1 is 1.26 bits per heavy atom. The fourth-order valence-electron chi connectivity index (χ4n) is 5.85. The molecule has 8 heteroatoms. The molecule has 1 saturated heterocycles. The summed E-state index contributed by atoms with van der Waals surface area (Å²) in [7, 11) is 1.64. The van der Waals surface area contributed by atoms with Crippen molar-refractivity contribution in [1.82, 2.24) is 15.4 Å². The van der Waals surface area contributed by atoms with Crippen LogP contribution in [-0.2, 0) is 4.79 Å². The second kappa shape index (κ2) is 12.9. The van der Waals surface area contributed by atoms with Crippen LogP contribution in [0, 0.1) is 11.8 Å². The minimum Gasteiger partial charge on any atom is -0.497 e. The monoisotopic (exact) mass is 501 g/mol. The molecule has 35 heavy (non-hydrogen) atoms. The Kier molecular flexibility index (Phi) is 9.66. The molecule has 2 aliphatic rings.